The molecule has 1 saturated heterocycles. The second-order valence-corrected chi connectivity index (χ2v) is 6.67. The number of piperidine rings is 1. The largest absolute Gasteiger partial charge is 0.497 e. The molecule has 1 aromatic heterocycles. The van der Waals surface area contributed by atoms with Crippen molar-refractivity contribution in [3.8, 4) is 5.75 Å². The van der Waals surface area contributed by atoms with E-state index < -0.39 is 0 Å². The lowest BCUT2D eigenvalue weighted by Gasteiger charge is -2.39. The minimum Gasteiger partial charge on any atom is -0.497 e. The molecule has 0 bridgehead atoms. The van der Waals surface area contributed by atoms with Gasteiger partial charge in [0, 0.05) is 32.0 Å². The Labute approximate surface area is 148 Å². The molecule has 3 rings (SSSR count). The average Bonchev–Trinajstić information content (AvgIpc) is 3.06. The quantitative estimate of drug-likeness (QED) is 0.905. The number of nitrogens with zero attached hydrogens (tertiary/aromatic N) is 3. The van der Waals surface area contributed by atoms with Gasteiger partial charge in [-0.2, -0.15) is 0 Å². The van der Waals surface area contributed by atoms with Gasteiger partial charge in [-0.05, 0) is 50.0 Å². The van der Waals surface area contributed by atoms with Gasteiger partial charge >= 0.3 is 0 Å². The predicted molar refractivity (Wildman–Crippen MR) is 96.6 cm³/mol. The molecule has 0 saturated carbocycles. The van der Waals surface area contributed by atoms with Crippen LogP contribution in [0.3, 0.4) is 0 Å². The summed E-state index contributed by atoms with van der Waals surface area (Å²) >= 11 is 0. The fourth-order valence-electron chi connectivity index (χ4n) is 3.69. The van der Waals surface area contributed by atoms with E-state index in [1.165, 1.54) is 5.56 Å². The Morgan fingerprint density at radius 1 is 1.32 bits per heavy atom. The van der Waals surface area contributed by atoms with Crippen LogP contribution < -0.4 is 10.1 Å². The lowest BCUT2D eigenvalue weighted by atomic mass is 9.85. The van der Waals surface area contributed by atoms with Crippen molar-refractivity contribution in [3.63, 3.8) is 0 Å². The van der Waals surface area contributed by atoms with Crippen molar-refractivity contribution in [1.82, 2.24) is 19.8 Å². The van der Waals surface area contributed by atoms with Crippen molar-refractivity contribution in [2.24, 2.45) is 13.0 Å². The lowest BCUT2D eigenvalue weighted by Crippen LogP contribution is -2.42. The summed E-state index contributed by atoms with van der Waals surface area (Å²) in [5.74, 6) is 1.57. The first-order chi connectivity index (χ1) is 12.1. The monoisotopic (exact) mass is 342 g/mol. The van der Waals surface area contributed by atoms with E-state index in [1.54, 1.807) is 24.1 Å². The topological polar surface area (TPSA) is 59.4 Å². The summed E-state index contributed by atoms with van der Waals surface area (Å²) in [6.07, 6.45) is 5.67. The van der Waals surface area contributed by atoms with Gasteiger partial charge < -0.3 is 14.6 Å². The molecule has 1 N–H and O–H groups in total. The van der Waals surface area contributed by atoms with Crippen LogP contribution in [-0.4, -0.2) is 47.6 Å². The molecule has 1 aromatic carbocycles. The maximum absolute atomic E-state index is 12.4. The molecule has 0 aliphatic carbocycles. The van der Waals surface area contributed by atoms with Gasteiger partial charge in [0.1, 0.15) is 5.75 Å². The molecule has 0 radical (unpaired) electrons. The number of methoxy groups -OCH3 is 1. The van der Waals surface area contributed by atoms with Gasteiger partial charge in [-0.15, -0.1) is 0 Å². The van der Waals surface area contributed by atoms with Crippen LogP contribution in [0.1, 0.15) is 35.1 Å². The van der Waals surface area contributed by atoms with Gasteiger partial charge in [-0.3, -0.25) is 9.69 Å². The highest BCUT2D eigenvalue weighted by Gasteiger charge is 2.31. The highest BCUT2D eigenvalue weighted by atomic mass is 16.5. The maximum Gasteiger partial charge on any atom is 0.287 e. The normalized spacial score (nSPS) is 21.1. The molecule has 0 unspecified atom stereocenters. The number of hydrogen-bond donors (Lipinski definition) is 1. The third-order valence-electron chi connectivity index (χ3n) is 5.01. The standard InChI is InChI=1S/C19H26N4O2/c1-22-11-4-5-15(13-21-19(24)18-20-10-12-23(18)2)17(22)14-6-8-16(25-3)9-7-14/h6-10,12,15,17H,4-5,11,13H2,1-3H3,(H,21,24)/t15-,17+/m1/s1. The number of carbonyl (C=O) groups excluding carboxylic acids is 1. The molecule has 1 fully saturated rings. The van der Waals surface area contributed by atoms with Gasteiger partial charge in [-0.25, -0.2) is 4.98 Å². The molecular formula is C19H26N4O2. The van der Waals surface area contributed by atoms with E-state index in [9.17, 15) is 4.79 Å². The zero-order valence-corrected chi connectivity index (χ0v) is 15.1. The Hall–Kier alpha value is -2.34. The van der Waals surface area contributed by atoms with Crippen LogP contribution in [0.2, 0.25) is 0 Å². The average molecular weight is 342 g/mol. The summed E-state index contributed by atoms with van der Waals surface area (Å²) in [5.41, 5.74) is 1.26. The second kappa shape index (κ2) is 7.70. The third-order valence-corrected chi connectivity index (χ3v) is 5.01. The van der Waals surface area contributed by atoms with Crippen molar-refractivity contribution in [3.05, 3.63) is 48.0 Å². The molecule has 1 aliphatic heterocycles. The Bertz CT molecular complexity index is 710. The number of amides is 1. The SMILES string of the molecule is COc1ccc([C@H]2[C@@H](CNC(=O)c3nccn3C)CCCN2C)cc1. The number of ether oxygens (including phenoxy) is 1. The summed E-state index contributed by atoms with van der Waals surface area (Å²) in [6.45, 7) is 1.72. The minimum absolute atomic E-state index is 0.116. The van der Waals surface area contributed by atoms with E-state index >= 15 is 0 Å². The first-order valence-corrected chi connectivity index (χ1v) is 8.70. The van der Waals surface area contributed by atoms with Crippen molar-refractivity contribution in [2.45, 2.75) is 18.9 Å². The number of imidazole rings is 1. The fourth-order valence-corrected chi connectivity index (χ4v) is 3.69. The summed E-state index contributed by atoms with van der Waals surface area (Å²) in [4.78, 5) is 18.8. The zero-order chi connectivity index (χ0) is 17.8. The highest BCUT2D eigenvalue weighted by molar-refractivity contribution is 5.90. The molecule has 1 aliphatic rings. The molecule has 2 heterocycles. The third kappa shape index (κ3) is 3.85. The molecule has 0 spiro atoms. The molecular weight excluding hydrogens is 316 g/mol. The summed E-state index contributed by atoms with van der Waals surface area (Å²) in [7, 11) is 5.66. The number of likely N-dealkylation sites (tertiary alicyclic amines) is 1. The summed E-state index contributed by atoms with van der Waals surface area (Å²) in [5, 5.41) is 3.06. The lowest BCUT2D eigenvalue weighted by molar-refractivity contribution is 0.0879. The van der Waals surface area contributed by atoms with E-state index in [0.29, 0.717) is 24.3 Å². The van der Waals surface area contributed by atoms with E-state index in [1.807, 2.05) is 19.2 Å². The summed E-state index contributed by atoms with van der Waals surface area (Å²) < 4.78 is 7.00. The van der Waals surface area contributed by atoms with Crippen molar-refractivity contribution in [1.29, 1.82) is 0 Å². The Kier molecular flexibility index (Phi) is 5.38. The van der Waals surface area contributed by atoms with E-state index in [4.69, 9.17) is 4.74 Å². The van der Waals surface area contributed by atoms with Crippen LogP contribution in [0.4, 0.5) is 0 Å². The smallest absolute Gasteiger partial charge is 0.287 e. The minimum atomic E-state index is -0.116. The van der Waals surface area contributed by atoms with Crippen molar-refractivity contribution >= 4 is 5.91 Å². The van der Waals surface area contributed by atoms with Crippen molar-refractivity contribution in [2.75, 3.05) is 27.2 Å². The highest BCUT2D eigenvalue weighted by Crippen LogP contribution is 2.35. The van der Waals surface area contributed by atoms with Gasteiger partial charge in [0.15, 0.2) is 5.82 Å². The molecule has 25 heavy (non-hydrogen) atoms. The van der Waals surface area contributed by atoms with Crippen molar-refractivity contribution < 1.29 is 9.53 Å². The van der Waals surface area contributed by atoms with E-state index in [2.05, 4.69) is 34.4 Å². The second-order valence-electron chi connectivity index (χ2n) is 6.67. The van der Waals surface area contributed by atoms with Gasteiger partial charge in [0.25, 0.3) is 5.91 Å². The van der Waals surface area contributed by atoms with E-state index in [0.717, 1.165) is 25.1 Å². The van der Waals surface area contributed by atoms with Crippen LogP contribution in [0, 0.1) is 5.92 Å². The first kappa shape index (κ1) is 17.5. The number of benzene rings is 1. The first-order valence-electron chi connectivity index (χ1n) is 8.70. The van der Waals surface area contributed by atoms with Crippen LogP contribution in [-0.2, 0) is 7.05 Å². The summed E-state index contributed by atoms with van der Waals surface area (Å²) in [6, 6.07) is 8.54. The van der Waals surface area contributed by atoms with Crippen LogP contribution in [0.5, 0.6) is 5.75 Å². The Morgan fingerprint density at radius 3 is 2.72 bits per heavy atom. The predicted octanol–water partition coefficient (Wildman–Crippen LogP) is 2.24. The molecule has 6 heteroatoms. The maximum atomic E-state index is 12.4. The van der Waals surface area contributed by atoms with Crippen LogP contribution >= 0.6 is 0 Å². The molecule has 2 atom stereocenters. The van der Waals surface area contributed by atoms with Crippen LogP contribution in [0.25, 0.3) is 0 Å². The Morgan fingerprint density at radius 2 is 2.08 bits per heavy atom. The number of aromatic nitrogens is 2. The molecule has 134 valence electrons. The molecule has 6 nitrogen and oxygen atoms in total. The number of rotatable bonds is 5. The Balaban J connectivity index is 1.71. The molecule has 1 amide bonds. The van der Waals surface area contributed by atoms with Gasteiger partial charge in [0.05, 0.1) is 7.11 Å². The van der Waals surface area contributed by atoms with Crippen LogP contribution in [0.15, 0.2) is 36.7 Å². The fraction of sp³-hybridized carbons (Fsp3) is 0.474. The van der Waals surface area contributed by atoms with Gasteiger partial charge in [-0.1, -0.05) is 12.1 Å². The number of hydrogen-bond acceptors (Lipinski definition) is 4. The number of nitrogens with one attached hydrogen (secondary N) is 1. The van der Waals surface area contributed by atoms with E-state index in [-0.39, 0.29) is 5.91 Å². The number of aryl methyl sites for hydroxylation is 1. The zero-order valence-electron chi connectivity index (χ0n) is 15.1. The van der Waals surface area contributed by atoms with Gasteiger partial charge in [0.2, 0.25) is 0 Å². The molecule has 2 aromatic rings. The number of carbonyl (C=O) groups is 1.